The zero-order valence-corrected chi connectivity index (χ0v) is 15.9. The number of nitrogens with zero attached hydrogens (tertiary/aromatic N) is 5. The Morgan fingerprint density at radius 1 is 1.14 bits per heavy atom. The van der Waals surface area contributed by atoms with E-state index in [1.807, 2.05) is 30.0 Å². The van der Waals surface area contributed by atoms with E-state index in [4.69, 9.17) is 0 Å². The minimum atomic E-state index is -4.49. The molecule has 152 valence electrons. The van der Waals surface area contributed by atoms with Crippen LogP contribution in [-0.2, 0) is 12.7 Å². The third-order valence-corrected chi connectivity index (χ3v) is 5.37. The summed E-state index contributed by atoms with van der Waals surface area (Å²) in [6, 6.07) is 8.26. The van der Waals surface area contributed by atoms with E-state index in [1.165, 1.54) is 0 Å². The van der Waals surface area contributed by atoms with Gasteiger partial charge in [-0.2, -0.15) is 13.2 Å². The Balaban J connectivity index is 1.47. The molecule has 0 atom stereocenters. The number of aromatic nitrogens is 4. The summed E-state index contributed by atoms with van der Waals surface area (Å²) in [5, 5.41) is 0.594. The number of alkyl halides is 3. The van der Waals surface area contributed by atoms with Crippen molar-refractivity contribution >= 4 is 16.7 Å². The van der Waals surface area contributed by atoms with E-state index in [0.717, 1.165) is 25.2 Å². The predicted octanol–water partition coefficient (Wildman–Crippen LogP) is 3.43. The number of para-hydroxylation sites is 1. The van der Waals surface area contributed by atoms with E-state index in [-0.39, 0.29) is 17.3 Å². The number of fused-ring (bicyclic) bond motifs is 1. The zero-order valence-electron chi connectivity index (χ0n) is 15.9. The fourth-order valence-corrected chi connectivity index (χ4v) is 3.77. The van der Waals surface area contributed by atoms with Crippen LogP contribution >= 0.6 is 0 Å². The number of anilines is 1. The van der Waals surface area contributed by atoms with Crippen LogP contribution < -0.4 is 10.5 Å². The van der Waals surface area contributed by atoms with Crippen molar-refractivity contribution in [3.63, 3.8) is 0 Å². The van der Waals surface area contributed by atoms with Crippen LogP contribution in [0.25, 0.3) is 10.9 Å². The summed E-state index contributed by atoms with van der Waals surface area (Å²) >= 11 is 0. The lowest BCUT2D eigenvalue weighted by molar-refractivity contribution is -0.141. The maximum atomic E-state index is 12.9. The SMILES string of the molecule is Cc1nc2ccccc2c(=O)n1CC1CCN(c2cc(C(F)(F)F)ncn2)CC1. The van der Waals surface area contributed by atoms with Gasteiger partial charge in [-0.05, 0) is 37.8 Å². The Kier molecular flexibility index (Phi) is 4.97. The summed E-state index contributed by atoms with van der Waals surface area (Å²) in [5.41, 5.74) is -0.305. The number of hydrogen-bond acceptors (Lipinski definition) is 5. The number of benzene rings is 1. The highest BCUT2D eigenvalue weighted by Gasteiger charge is 2.33. The van der Waals surface area contributed by atoms with E-state index >= 15 is 0 Å². The summed E-state index contributed by atoms with van der Waals surface area (Å²) in [7, 11) is 0. The van der Waals surface area contributed by atoms with Crippen LogP contribution in [0.2, 0.25) is 0 Å². The highest BCUT2D eigenvalue weighted by atomic mass is 19.4. The quantitative estimate of drug-likeness (QED) is 0.671. The number of aryl methyl sites for hydroxylation is 1. The molecule has 0 aliphatic carbocycles. The van der Waals surface area contributed by atoms with Crippen molar-refractivity contribution in [1.29, 1.82) is 0 Å². The third kappa shape index (κ3) is 3.94. The fraction of sp³-hybridized carbons (Fsp3) is 0.400. The second kappa shape index (κ2) is 7.46. The third-order valence-electron chi connectivity index (χ3n) is 5.37. The number of halogens is 3. The van der Waals surface area contributed by atoms with Gasteiger partial charge >= 0.3 is 6.18 Å². The van der Waals surface area contributed by atoms with E-state index < -0.39 is 11.9 Å². The van der Waals surface area contributed by atoms with Crippen molar-refractivity contribution in [2.45, 2.75) is 32.5 Å². The van der Waals surface area contributed by atoms with Crippen molar-refractivity contribution in [1.82, 2.24) is 19.5 Å². The van der Waals surface area contributed by atoms with Gasteiger partial charge in [0.25, 0.3) is 5.56 Å². The number of rotatable bonds is 3. The summed E-state index contributed by atoms with van der Waals surface area (Å²) in [6.45, 7) is 3.53. The lowest BCUT2D eigenvalue weighted by Gasteiger charge is -2.33. The van der Waals surface area contributed by atoms with Gasteiger partial charge in [-0.1, -0.05) is 12.1 Å². The maximum absolute atomic E-state index is 12.9. The molecule has 6 nitrogen and oxygen atoms in total. The molecule has 0 N–H and O–H groups in total. The van der Waals surface area contributed by atoms with E-state index in [1.54, 1.807) is 10.6 Å². The molecular weight excluding hydrogens is 383 g/mol. The molecule has 1 aliphatic rings. The van der Waals surface area contributed by atoms with Crippen LogP contribution in [-0.4, -0.2) is 32.6 Å². The van der Waals surface area contributed by atoms with Gasteiger partial charge in [-0.3, -0.25) is 9.36 Å². The molecule has 1 saturated heterocycles. The lowest BCUT2D eigenvalue weighted by Crippen LogP contribution is -2.37. The standard InChI is InChI=1S/C20H20F3N5O/c1-13-26-16-5-3-2-4-15(16)19(29)28(13)11-14-6-8-27(9-7-14)18-10-17(20(21,22)23)24-12-25-18/h2-5,10,12,14H,6-9,11H2,1H3. The molecule has 1 fully saturated rings. The average Bonchev–Trinajstić information content (AvgIpc) is 2.71. The number of piperidine rings is 1. The topological polar surface area (TPSA) is 63.9 Å². The second-order valence-electron chi connectivity index (χ2n) is 7.28. The normalized spacial score (nSPS) is 15.8. The monoisotopic (exact) mass is 403 g/mol. The summed E-state index contributed by atoms with van der Waals surface area (Å²) in [6.07, 6.45) is -2.03. The molecule has 4 rings (SSSR count). The van der Waals surface area contributed by atoms with Gasteiger partial charge < -0.3 is 4.90 Å². The van der Waals surface area contributed by atoms with Gasteiger partial charge in [0.2, 0.25) is 0 Å². The van der Waals surface area contributed by atoms with Crippen molar-refractivity contribution in [3.05, 3.63) is 58.5 Å². The van der Waals surface area contributed by atoms with Gasteiger partial charge in [0.05, 0.1) is 10.9 Å². The molecule has 3 heterocycles. The Morgan fingerprint density at radius 2 is 1.86 bits per heavy atom. The van der Waals surface area contributed by atoms with Crippen molar-refractivity contribution in [2.24, 2.45) is 5.92 Å². The molecule has 0 bridgehead atoms. The molecule has 29 heavy (non-hydrogen) atoms. The van der Waals surface area contributed by atoms with Gasteiger partial charge in [0.1, 0.15) is 23.7 Å². The zero-order chi connectivity index (χ0) is 20.6. The van der Waals surface area contributed by atoms with E-state index in [2.05, 4.69) is 15.0 Å². The molecule has 1 aliphatic heterocycles. The first kappa shape index (κ1) is 19.4. The highest BCUT2D eigenvalue weighted by molar-refractivity contribution is 5.77. The van der Waals surface area contributed by atoms with E-state index in [9.17, 15) is 18.0 Å². The van der Waals surface area contributed by atoms with Crippen LogP contribution in [0.4, 0.5) is 19.0 Å². The average molecular weight is 403 g/mol. The fourth-order valence-electron chi connectivity index (χ4n) is 3.77. The van der Waals surface area contributed by atoms with Gasteiger partial charge in [0.15, 0.2) is 0 Å². The Hall–Kier alpha value is -2.97. The largest absolute Gasteiger partial charge is 0.433 e. The van der Waals surface area contributed by atoms with Gasteiger partial charge in [0, 0.05) is 25.7 Å². The second-order valence-corrected chi connectivity index (χ2v) is 7.28. The first-order chi connectivity index (χ1) is 13.8. The minimum absolute atomic E-state index is 0.0545. The van der Waals surface area contributed by atoms with Crippen LogP contribution in [0.5, 0.6) is 0 Å². The van der Waals surface area contributed by atoms with Crippen molar-refractivity contribution < 1.29 is 13.2 Å². The van der Waals surface area contributed by atoms with Crippen LogP contribution in [0.15, 0.2) is 41.5 Å². The smallest absolute Gasteiger partial charge is 0.356 e. The molecule has 0 saturated carbocycles. The summed E-state index contributed by atoms with van der Waals surface area (Å²) in [4.78, 5) is 26.5. The Morgan fingerprint density at radius 3 is 2.59 bits per heavy atom. The number of hydrogen-bond donors (Lipinski definition) is 0. The highest BCUT2D eigenvalue weighted by Crippen LogP contribution is 2.30. The van der Waals surface area contributed by atoms with Crippen molar-refractivity contribution in [3.8, 4) is 0 Å². The summed E-state index contributed by atoms with van der Waals surface area (Å²) < 4.78 is 40.3. The van der Waals surface area contributed by atoms with Crippen LogP contribution in [0, 0.1) is 12.8 Å². The lowest BCUT2D eigenvalue weighted by atomic mass is 9.96. The molecule has 3 aromatic rings. The predicted molar refractivity (Wildman–Crippen MR) is 103 cm³/mol. The Labute approximate surface area is 165 Å². The molecular formula is C20H20F3N5O. The molecule has 2 aromatic heterocycles. The van der Waals surface area contributed by atoms with E-state index in [0.29, 0.717) is 36.4 Å². The minimum Gasteiger partial charge on any atom is -0.356 e. The van der Waals surface area contributed by atoms with Gasteiger partial charge in [-0.25, -0.2) is 15.0 Å². The molecule has 0 amide bonds. The molecule has 0 unspecified atom stereocenters. The van der Waals surface area contributed by atoms with Crippen molar-refractivity contribution in [2.75, 3.05) is 18.0 Å². The maximum Gasteiger partial charge on any atom is 0.433 e. The van der Waals surface area contributed by atoms with Gasteiger partial charge in [-0.15, -0.1) is 0 Å². The molecule has 0 radical (unpaired) electrons. The molecule has 9 heteroatoms. The first-order valence-corrected chi connectivity index (χ1v) is 9.43. The van der Waals surface area contributed by atoms with Crippen LogP contribution in [0.1, 0.15) is 24.4 Å². The van der Waals surface area contributed by atoms with Crippen LogP contribution in [0.3, 0.4) is 0 Å². The Bertz CT molecular complexity index is 1090. The molecule has 0 spiro atoms. The first-order valence-electron chi connectivity index (χ1n) is 9.43. The molecule has 1 aromatic carbocycles. The summed E-state index contributed by atoms with van der Waals surface area (Å²) in [5.74, 6) is 1.20.